The van der Waals surface area contributed by atoms with Gasteiger partial charge in [-0.3, -0.25) is 0 Å². The van der Waals surface area contributed by atoms with E-state index in [4.69, 9.17) is 9.47 Å². The minimum Gasteiger partial charge on any atom is -0.504 e. The van der Waals surface area contributed by atoms with Crippen LogP contribution >= 0.6 is 0 Å². The Morgan fingerprint density at radius 3 is 2.64 bits per heavy atom. The second-order valence-electron chi connectivity index (χ2n) is 6.17. The van der Waals surface area contributed by atoms with E-state index in [1.165, 1.54) is 7.11 Å². The average Bonchev–Trinajstić information content (AvgIpc) is 2.42. The number of phenolic OH excluding ortho intramolecular Hbond substituents is 1. The fourth-order valence-electron chi connectivity index (χ4n) is 1.75. The van der Waals surface area contributed by atoms with Gasteiger partial charge in [-0.1, -0.05) is 6.07 Å². The van der Waals surface area contributed by atoms with Gasteiger partial charge in [-0.05, 0) is 45.4 Å². The number of benzene rings is 1. The number of nitrogens with one attached hydrogen (secondary N) is 2. The van der Waals surface area contributed by atoms with Crippen molar-refractivity contribution >= 4 is 6.09 Å². The number of amides is 1. The summed E-state index contributed by atoms with van der Waals surface area (Å²) in [7, 11) is 1.51. The Bertz CT molecular complexity index is 497. The molecule has 22 heavy (non-hydrogen) atoms. The van der Waals surface area contributed by atoms with E-state index in [1.54, 1.807) is 12.1 Å². The molecule has 0 aliphatic rings. The van der Waals surface area contributed by atoms with E-state index in [2.05, 4.69) is 10.6 Å². The van der Waals surface area contributed by atoms with Crippen molar-refractivity contribution in [3.63, 3.8) is 0 Å². The van der Waals surface area contributed by atoms with Crippen LogP contribution in [0, 0.1) is 0 Å². The maximum atomic E-state index is 11.6. The zero-order valence-electron chi connectivity index (χ0n) is 13.9. The highest BCUT2D eigenvalue weighted by Crippen LogP contribution is 2.26. The lowest BCUT2D eigenvalue weighted by Gasteiger charge is -2.21. The summed E-state index contributed by atoms with van der Waals surface area (Å²) < 4.78 is 10.2. The summed E-state index contributed by atoms with van der Waals surface area (Å²) in [5, 5.41) is 15.5. The van der Waals surface area contributed by atoms with Crippen LogP contribution in [0.5, 0.6) is 11.5 Å². The highest BCUT2D eigenvalue weighted by Gasteiger charge is 2.16. The Balaban J connectivity index is 2.37. The summed E-state index contributed by atoms with van der Waals surface area (Å²) in [6, 6.07) is 5.27. The molecule has 6 heteroatoms. The number of alkyl carbamates (subject to hydrolysis) is 1. The van der Waals surface area contributed by atoms with Gasteiger partial charge >= 0.3 is 6.09 Å². The topological polar surface area (TPSA) is 79.8 Å². The third kappa shape index (κ3) is 6.67. The second-order valence-corrected chi connectivity index (χ2v) is 6.17. The fourth-order valence-corrected chi connectivity index (χ4v) is 1.75. The minimum absolute atomic E-state index is 0.0762. The van der Waals surface area contributed by atoms with Crippen molar-refractivity contribution in [3.8, 4) is 11.5 Å². The Hall–Kier alpha value is -1.95. The number of aromatic hydroxyl groups is 1. The van der Waals surface area contributed by atoms with Crippen molar-refractivity contribution in [2.45, 2.75) is 45.9 Å². The highest BCUT2D eigenvalue weighted by atomic mass is 16.6. The normalized spacial score (nSPS) is 12.6. The molecule has 0 radical (unpaired) electrons. The third-order valence-corrected chi connectivity index (χ3v) is 2.85. The molecular formula is C16H26N2O4. The Kier molecular flexibility index (Phi) is 6.49. The smallest absolute Gasteiger partial charge is 0.407 e. The van der Waals surface area contributed by atoms with Crippen molar-refractivity contribution < 1.29 is 19.4 Å². The van der Waals surface area contributed by atoms with E-state index in [0.29, 0.717) is 18.8 Å². The molecule has 0 spiro atoms. The van der Waals surface area contributed by atoms with Gasteiger partial charge in [0.05, 0.1) is 7.11 Å². The highest BCUT2D eigenvalue weighted by molar-refractivity contribution is 5.67. The largest absolute Gasteiger partial charge is 0.504 e. The van der Waals surface area contributed by atoms with Crippen LogP contribution in [0.4, 0.5) is 4.79 Å². The maximum Gasteiger partial charge on any atom is 0.407 e. The maximum absolute atomic E-state index is 11.6. The summed E-state index contributed by atoms with van der Waals surface area (Å²) in [5.41, 5.74) is 0.488. The molecule has 0 saturated carbocycles. The molecule has 1 aromatic carbocycles. The first-order valence-electron chi connectivity index (χ1n) is 7.27. The molecule has 0 fully saturated rings. The van der Waals surface area contributed by atoms with Gasteiger partial charge in [-0.2, -0.15) is 0 Å². The number of rotatable bonds is 6. The van der Waals surface area contributed by atoms with Gasteiger partial charge in [0.15, 0.2) is 11.5 Å². The van der Waals surface area contributed by atoms with Crippen LogP contribution in [0.3, 0.4) is 0 Å². The van der Waals surface area contributed by atoms with Crippen LogP contribution in [0.15, 0.2) is 18.2 Å². The number of hydrogen-bond acceptors (Lipinski definition) is 5. The van der Waals surface area contributed by atoms with Gasteiger partial charge < -0.3 is 25.2 Å². The van der Waals surface area contributed by atoms with E-state index in [0.717, 1.165) is 5.56 Å². The van der Waals surface area contributed by atoms with E-state index < -0.39 is 11.7 Å². The number of carbonyl (C=O) groups is 1. The second kappa shape index (κ2) is 7.89. The van der Waals surface area contributed by atoms with Crippen LogP contribution in [0.1, 0.15) is 33.3 Å². The molecular weight excluding hydrogens is 284 g/mol. The Morgan fingerprint density at radius 1 is 1.36 bits per heavy atom. The summed E-state index contributed by atoms with van der Waals surface area (Å²) in [6.45, 7) is 8.51. The molecule has 6 nitrogen and oxygen atoms in total. The molecule has 1 rings (SSSR count). The Labute approximate surface area is 131 Å². The average molecular weight is 310 g/mol. The van der Waals surface area contributed by atoms with Crippen molar-refractivity contribution in [2.75, 3.05) is 13.7 Å². The van der Waals surface area contributed by atoms with Crippen LogP contribution in [-0.2, 0) is 11.3 Å². The molecule has 3 N–H and O–H groups in total. The number of carbonyl (C=O) groups excluding carboxylic acids is 1. The van der Waals surface area contributed by atoms with Gasteiger partial charge in [0, 0.05) is 19.1 Å². The summed E-state index contributed by atoms with van der Waals surface area (Å²) in [5.74, 6) is 0.560. The van der Waals surface area contributed by atoms with Gasteiger partial charge in [-0.15, -0.1) is 0 Å². The molecule has 0 saturated heterocycles. The van der Waals surface area contributed by atoms with Crippen molar-refractivity contribution in [2.24, 2.45) is 0 Å². The monoisotopic (exact) mass is 310 g/mol. The van der Waals surface area contributed by atoms with Gasteiger partial charge in [0.25, 0.3) is 0 Å². The van der Waals surface area contributed by atoms with Crippen LogP contribution in [-0.4, -0.2) is 36.5 Å². The molecule has 0 heterocycles. The van der Waals surface area contributed by atoms with Gasteiger partial charge in [0.2, 0.25) is 0 Å². The SMILES string of the molecule is COc1cc(CNC(C)CNC(=O)OC(C)(C)C)ccc1O. The van der Waals surface area contributed by atoms with Crippen LogP contribution < -0.4 is 15.4 Å². The lowest BCUT2D eigenvalue weighted by atomic mass is 10.2. The standard InChI is InChI=1S/C16H26N2O4/c1-11(9-18-15(20)22-16(2,3)4)17-10-12-6-7-13(19)14(8-12)21-5/h6-8,11,17,19H,9-10H2,1-5H3,(H,18,20). The first-order chi connectivity index (χ1) is 10.2. The number of ether oxygens (including phenoxy) is 2. The number of phenols is 1. The molecule has 1 amide bonds. The molecule has 0 aliphatic heterocycles. The van der Waals surface area contributed by atoms with Crippen LogP contribution in [0.25, 0.3) is 0 Å². The van der Waals surface area contributed by atoms with Crippen molar-refractivity contribution in [1.82, 2.24) is 10.6 Å². The lowest BCUT2D eigenvalue weighted by Crippen LogP contribution is -2.40. The molecule has 1 aromatic rings. The third-order valence-electron chi connectivity index (χ3n) is 2.85. The van der Waals surface area contributed by atoms with Crippen LogP contribution in [0.2, 0.25) is 0 Å². The van der Waals surface area contributed by atoms with E-state index in [1.807, 2.05) is 33.8 Å². The zero-order valence-corrected chi connectivity index (χ0v) is 13.9. The van der Waals surface area contributed by atoms with Gasteiger partial charge in [-0.25, -0.2) is 4.79 Å². The zero-order chi connectivity index (χ0) is 16.8. The quantitative estimate of drug-likeness (QED) is 0.752. The summed E-state index contributed by atoms with van der Waals surface area (Å²) in [6.07, 6.45) is -0.424. The predicted molar refractivity (Wildman–Crippen MR) is 85.2 cm³/mol. The first-order valence-corrected chi connectivity index (χ1v) is 7.27. The molecule has 0 aromatic heterocycles. The Morgan fingerprint density at radius 2 is 2.05 bits per heavy atom. The van der Waals surface area contributed by atoms with Crippen molar-refractivity contribution in [3.05, 3.63) is 23.8 Å². The lowest BCUT2D eigenvalue weighted by molar-refractivity contribution is 0.0523. The van der Waals surface area contributed by atoms with E-state index >= 15 is 0 Å². The molecule has 1 unspecified atom stereocenters. The number of methoxy groups -OCH3 is 1. The molecule has 0 bridgehead atoms. The van der Waals surface area contributed by atoms with E-state index in [9.17, 15) is 9.90 Å². The predicted octanol–water partition coefficient (Wildman–Crippen LogP) is 2.40. The first kappa shape index (κ1) is 18.1. The summed E-state index contributed by atoms with van der Waals surface area (Å²) >= 11 is 0. The molecule has 124 valence electrons. The summed E-state index contributed by atoms with van der Waals surface area (Å²) in [4.78, 5) is 11.6. The fraction of sp³-hybridized carbons (Fsp3) is 0.562. The van der Waals surface area contributed by atoms with Gasteiger partial charge in [0.1, 0.15) is 5.60 Å². The number of hydrogen-bond donors (Lipinski definition) is 3. The minimum atomic E-state index is -0.497. The molecule has 0 aliphatic carbocycles. The van der Waals surface area contributed by atoms with E-state index in [-0.39, 0.29) is 11.8 Å². The molecule has 1 atom stereocenters. The van der Waals surface area contributed by atoms with Crippen molar-refractivity contribution in [1.29, 1.82) is 0 Å².